The Morgan fingerprint density at radius 2 is 1.76 bits per heavy atom. The fourth-order valence-electron chi connectivity index (χ4n) is 4.06. The molecule has 1 atom stereocenters. The average molecular weight is 492 g/mol. The summed E-state index contributed by atoms with van der Waals surface area (Å²) in [6.07, 6.45) is -2.27. The molecule has 3 aromatic carbocycles. The van der Waals surface area contributed by atoms with Gasteiger partial charge in [0.1, 0.15) is 11.5 Å². The molecule has 0 saturated heterocycles. The van der Waals surface area contributed by atoms with E-state index in [4.69, 9.17) is 26.2 Å². The molecule has 1 aliphatic rings. The summed E-state index contributed by atoms with van der Waals surface area (Å²) < 4.78 is 37.5. The molecule has 10 heteroatoms. The van der Waals surface area contributed by atoms with Crippen LogP contribution in [0.5, 0.6) is 11.5 Å². The second-order valence-corrected chi connectivity index (χ2v) is 8.35. The van der Waals surface area contributed by atoms with Crippen molar-refractivity contribution >= 4 is 39.9 Å². The van der Waals surface area contributed by atoms with Crippen LogP contribution in [-0.2, 0) is 11.2 Å². The molecular weight excluding hydrogens is 472 g/mol. The molecule has 1 amide bonds. The van der Waals surface area contributed by atoms with Crippen LogP contribution in [0.1, 0.15) is 41.6 Å². The van der Waals surface area contributed by atoms with Crippen molar-refractivity contribution < 1.29 is 38.1 Å². The number of fused-ring (bicyclic) bond motifs is 2. The number of benzene rings is 3. The third-order valence-electron chi connectivity index (χ3n) is 5.28. The SMILES string of the molecule is CC(C)Oc1c2c(c(OC(F)F)c3ccccc13)C(=O)N(c1ccc(CC(=O)O)cc1Cl)C2O. The number of carboxylic acids is 1. The van der Waals surface area contributed by atoms with Crippen LogP contribution in [0.15, 0.2) is 42.5 Å². The van der Waals surface area contributed by atoms with Gasteiger partial charge in [0.2, 0.25) is 0 Å². The molecule has 0 saturated carbocycles. The van der Waals surface area contributed by atoms with E-state index < -0.39 is 24.7 Å². The van der Waals surface area contributed by atoms with Crippen LogP contribution in [0.4, 0.5) is 14.5 Å². The number of alkyl halides is 2. The Hall–Kier alpha value is -3.43. The summed E-state index contributed by atoms with van der Waals surface area (Å²) in [6.45, 7) is 0.287. The van der Waals surface area contributed by atoms with E-state index in [0.29, 0.717) is 10.9 Å². The van der Waals surface area contributed by atoms with Crippen molar-refractivity contribution in [1.82, 2.24) is 0 Å². The number of hydrogen-bond donors (Lipinski definition) is 2. The summed E-state index contributed by atoms with van der Waals surface area (Å²) in [4.78, 5) is 25.5. The number of ether oxygens (including phenoxy) is 2. The standard InChI is InChI=1S/C24H20ClF2NO6/c1-11(2)33-20-13-5-3-4-6-14(13)21(34-24(26)27)19-18(20)22(31)28(23(19)32)16-8-7-12(9-15(16)25)10-17(29)30/h3-9,11,22,24,31H,10H2,1-2H3,(H,29,30). The van der Waals surface area contributed by atoms with Gasteiger partial charge in [-0.1, -0.05) is 41.9 Å². The van der Waals surface area contributed by atoms with Gasteiger partial charge in [-0.15, -0.1) is 0 Å². The highest BCUT2D eigenvalue weighted by Crippen LogP contribution is 2.51. The van der Waals surface area contributed by atoms with Gasteiger partial charge in [0.15, 0.2) is 6.23 Å². The number of aliphatic carboxylic acids is 1. The van der Waals surface area contributed by atoms with Crippen molar-refractivity contribution in [2.45, 2.75) is 39.2 Å². The lowest BCUT2D eigenvalue weighted by atomic mass is 9.98. The highest BCUT2D eigenvalue weighted by molar-refractivity contribution is 6.34. The Morgan fingerprint density at radius 3 is 2.32 bits per heavy atom. The van der Waals surface area contributed by atoms with Crippen molar-refractivity contribution in [3.8, 4) is 11.5 Å². The van der Waals surface area contributed by atoms with Crippen LogP contribution in [0.25, 0.3) is 10.8 Å². The van der Waals surface area contributed by atoms with Crippen molar-refractivity contribution in [1.29, 1.82) is 0 Å². The molecule has 3 aromatic rings. The third-order valence-corrected chi connectivity index (χ3v) is 5.58. The summed E-state index contributed by atoms with van der Waals surface area (Å²) in [6, 6.07) is 10.6. The second-order valence-electron chi connectivity index (χ2n) is 7.94. The lowest BCUT2D eigenvalue weighted by Gasteiger charge is -2.24. The summed E-state index contributed by atoms with van der Waals surface area (Å²) in [7, 11) is 0. The summed E-state index contributed by atoms with van der Waals surface area (Å²) in [5.41, 5.74) is 0.190. The van der Waals surface area contributed by atoms with Crippen molar-refractivity contribution in [2.24, 2.45) is 0 Å². The summed E-state index contributed by atoms with van der Waals surface area (Å²) in [5.74, 6) is -2.08. The molecule has 1 unspecified atom stereocenters. The fraction of sp³-hybridized carbons (Fsp3) is 0.250. The number of aliphatic hydroxyl groups is 1. The van der Waals surface area contributed by atoms with Gasteiger partial charge in [-0.05, 0) is 31.5 Å². The van der Waals surface area contributed by atoms with E-state index in [0.717, 1.165) is 4.90 Å². The minimum Gasteiger partial charge on any atom is -0.490 e. The molecule has 7 nitrogen and oxygen atoms in total. The smallest absolute Gasteiger partial charge is 0.387 e. The quantitative estimate of drug-likeness (QED) is 0.474. The molecule has 1 aliphatic heterocycles. The number of carbonyl (C=O) groups excluding carboxylic acids is 1. The zero-order chi connectivity index (χ0) is 24.7. The third kappa shape index (κ3) is 4.12. The van der Waals surface area contributed by atoms with Gasteiger partial charge in [-0.3, -0.25) is 14.5 Å². The van der Waals surface area contributed by atoms with Crippen LogP contribution in [-0.4, -0.2) is 34.8 Å². The number of aliphatic hydroxyl groups excluding tert-OH is 1. The summed E-state index contributed by atoms with van der Waals surface area (Å²) in [5, 5.41) is 20.9. The molecule has 1 heterocycles. The minimum absolute atomic E-state index is 0.00571. The first-order valence-electron chi connectivity index (χ1n) is 10.3. The largest absolute Gasteiger partial charge is 0.490 e. The maximum absolute atomic E-state index is 13.5. The Morgan fingerprint density at radius 1 is 1.12 bits per heavy atom. The molecule has 0 spiro atoms. The van der Waals surface area contributed by atoms with Gasteiger partial charge in [0, 0.05) is 10.8 Å². The van der Waals surface area contributed by atoms with Crippen LogP contribution >= 0.6 is 11.6 Å². The number of carboxylic acid groups (broad SMARTS) is 1. The van der Waals surface area contributed by atoms with E-state index >= 15 is 0 Å². The molecule has 178 valence electrons. The monoisotopic (exact) mass is 491 g/mol. The lowest BCUT2D eigenvalue weighted by Crippen LogP contribution is -2.28. The van der Waals surface area contributed by atoms with Crippen molar-refractivity contribution in [2.75, 3.05) is 4.90 Å². The number of anilines is 1. The van der Waals surface area contributed by atoms with Crippen LogP contribution in [0, 0.1) is 0 Å². The second kappa shape index (κ2) is 9.08. The molecule has 0 bridgehead atoms. The van der Waals surface area contributed by atoms with E-state index in [1.807, 2.05) is 0 Å². The van der Waals surface area contributed by atoms with Gasteiger partial charge in [0.05, 0.1) is 34.4 Å². The first-order valence-corrected chi connectivity index (χ1v) is 10.7. The predicted octanol–water partition coefficient (Wildman–Crippen LogP) is 5.16. The highest BCUT2D eigenvalue weighted by Gasteiger charge is 2.44. The Bertz CT molecular complexity index is 1300. The molecule has 0 aliphatic carbocycles. The Balaban J connectivity index is 1.95. The van der Waals surface area contributed by atoms with Gasteiger partial charge in [0.25, 0.3) is 5.91 Å². The Labute approximate surface area is 198 Å². The fourth-order valence-corrected chi connectivity index (χ4v) is 4.35. The van der Waals surface area contributed by atoms with Gasteiger partial charge in [-0.25, -0.2) is 0 Å². The van der Waals surface area contributed by atoms with Crippen molar-refractivity contribution in [3.63, 3.8) is 0 Å². The first-order chi connectivity index (χ1) is 16.1. The maximum Gasteiger partial charge on any atom is 0.387 e. The van der Waals surface area contributed by atoms with Crippen molar-refractivity contribution in [3.05, 3.63) is 64.2 Å². The first kappa shape index (κ1) is 23.7. The van der Waals surface area contributed by atoms with Gasteiger partial charge < -0.3 is 19.7 Å². The molecule has 2 N–H and O–H groups in total. The average Bonchev–Trinajstić information content (AvgIpc) is 3.00. The zero-order valence-electron chi connectivity index (χ0n) is 18.1. The summed E-state index contributed by atoms with van der Waals surface area (Å²) >= 11 is 6.34. The van der Waals surface area contributed by atoms with Crippen LogP contribution in [0.2, 0.25) is 5.02 Å². The number of nitrogens with zero attached hydrogens (tertiary/aromatic N) is 1. The number of hydrogen-bond acceptors (Lipinski definition) is 5. The number of rotatable bonds is 7. The molecule has 0 radical (unpaired) electrons. The molecule has 0 fully saturated rings. The molecule has 4 rings (SSSR count). The molecular formula is C24H20ClF2NO6. The minimum atomic E-state index is -3.22. The number of carbonyl (C=O) groups is 2. The van der Waals surface area contributed by atoms with E-state index in [1.165, 1.54) is 24.3 Å². The number of amides is 1. The predicted molar refractivity (Wildman–Crippen MR) is 121 cm³/mol. The lowest BCUT2D eigenvalue weighted by molar-refractivity contribution is -0.136. The molecule has 0 aromatic heterocycles. The highest BCUT2D eigenvalue weighted by atomic mass is 35.5. The normalized spacial score (nSPS) is 15.4. The van der Waals surface area contributed by atoms with Gasteiger partial charge >= 0.3 is 12.6 Å². The van der Waals surface area contributed by atoms with Crippen LogP contribution < -0.4 is 14.4 Å². The Kier molecular flexibility index (Phi) is 6.33. The van der Waals surface area contributed by atoms with Crippen LogP contribution in [0.3, 0.4) is 0 Å². The van der Waals surface area contributed by atoms with Gasteiger partial charge in [-0.2, -0.15) is 8.78 Å². The zero-order valence-corrected chi connectivity index (χ0v) is 18.8. The van der Waals surface area contributed by atoms with E-state index in [-0.39, 0.29) is 51.2 Å². The topological polar surface area (TPSA) is 96.3 Å². The molecule has 34 heavy (non-hydrogen) atoms. The number of halogens is 3. The van der Waals surface area contributed by atoms with E-state index in [2.05, 4.69) is 0 Å². The van der Waals surface area contributed by atoms with E-state index in [1.54, 1.807) is 32.0 Å². The maximum atomic E-state index is 13.5. The van der Waals surface area contributed by atoms with E-state index in [9.17, 15) is 23.5 Å².